The zero-order valence-electron chi connectivity index (χ0n) is 11.8. The number of amides is 1. The van der Waals surface area contributed by atoms with Gasteiger partial charge >= 0.3 is 0 Å². The summed E-state index contributed by atoms with van der Waals surface area (Å²) < 4.78 is 0. The maximum absolute atomic E-state index is 12.6. The van der Waals surface area contributed by atoms with Gasteiger partial charge in [0.25, 0.3) is 5.91 Å². The van der Waals surface area contributed by atoms with E-state index in [0.717, 1.165) is 22.6 Å². The molecule has 2 nitrogen and oxygen atoms in total. The standard InChI is InChI=1S/C17H17NOS2/c1-20-15-8-4-3-7-13(15)17(19)18-14-10-11-21-16-9-5-2-6-12(14)16/h2-9,14H,10-11H2,1H3,(H,18,19)/t14-/m0/s1. The summed E-state index contributed by atoms with van der Waals surface area (Å²) in [4.78, 5) is 14.9. The van der Waals surface area contributed by atoms with Crippen molar-refractivity contribution in [3.63, 3.8) is 0 Å². The number of thioether (sulfide) groups is 2. The first-order chi connectivity index (χ1) is 10.3. The van der Waals surface area contributed by atoms with E-state index in [2.05, 4.69) is 23.5 Å². The van der Waals surface area contributed by atoms with Crippen molar-refractivity contribution in [1.82, 2.24) is 5.32 Å². The van der Waals surface area contributed by atoms with Crippen molar-refractivity contribution >= 4 is 29.4 Å². The normalized spacial score (nSPS) is 17.1. The van der Waals surface area contributed by atoms with Crippen molar-refractivity contribution in [1.29, 1.82) is 0 Å². The van der Waals surface area contributed by atoms with Gasteiger partial charge < -0.3 is 5.32 Å². The highest BCUT2D eigenvalue weighted by atomic mass is 32.2. The van der Waals surface area contributed by atoms with Gasteiger partial charge in [-0.15, -0.1) is 23.5 Å². The van der Waals surface area contributed by atoms with Gasteiger partial charge in [-0.2, -0.15) is 0 Å². The molecule has 0 bridgehead atoms. The molecule has 1 aliphatic heterocycles. The molecule has 0 unspecified atom stereocenters. The van der Waals surface area contributed by atoms with Gasteiger partial charge in [-0.05, 0) is 36.4 Å². The van der Waals surface area contributed by atoms with Crippen LogP contribution in [-0.2, 0) is 0 Å². The Morgan fingerprint density at radius 1 is 1.19 bits per heavy atom. The Morgan fingerprint density at radius 3 is 2.81 bits per heavy atom. The molecule has 108 valence electrons. The largest absolute Gasteiger partial charge is 0.345 e. The summed E-state index contributed by atoms with van der Waals surface area (Å²) in [5.74, 6) is 1.07. The van der Waals surface area contributed by atoms with Gasteiger partial charge in [-0.25, -0.2) is 0 Å². The van der Waals surface area contributed by atoms with Crippen LogP contribution in [0.5, 0.6) is 0 Å². The smallest absolute Gasteiger partial charge is 0.252 e. The van der Waals surface area contributed by atoms with Crippen molar-refractivity contribution < 1.29 is 4.79 Å². The van der Waals surface area contributed by atoms with Crippen LogP contribution < -0.4 is 5.32 Å². The minimum Gasteiger partial charge on any atom is -0.345 e. The van der Waals surface area contributed by atoms with Crippen LogP contribution in [0.25, 0.3) is 0 Å². The van der Waals surface area contributed by atoms with Gasteiger partial charge in [-0.1, -0.05) is 30.3 Å². The maximum Gasteiger partial charge on any atom is 0.252 e. The fraction of sp³-hybridized carbons (Fsp3) is 0.235. The summed E-state index contributed by atoms with van der Waals surface area (Å²) in [6.07, 6.45) is 2.98. The highest BCUT2D eigenvalue weighted by molar-refractivity contribution is 7.99. The van der Waals surface area contributed by atoms with Gasteiger partial charge in [0.15, 0.2) is 0 Å². The van der Waals surface area contributed by atoms with Crippen molar-refractivity contribution in [2.45, 2.75) is 22.3 Å². The van der Waals surface area contributed by atoms with E-state index >= 15 is 0 Å². The second-order valence-corrected chi connectivity index (χ2v) is 6.89. The van der Waals surface area contributed by atoms with Crippen LogP contribution in [-0.4, -0.2) is 17.9 Å². The number of benzene rings is 2. The Balaban J connectivity index is 1.83. The van der Waals surface area contributed by atoms with Crippen molar-refractivity contribution in [2.75, 3.05) is 12.0 Å². The molecule has 0 saturated heterocycles. The lowest BCUT2D eigenvalue weighted by Gasteiger charge is -2.26. The minimum atomic E-state index is 0.0200. The molecule has 0 aliphatic carbocycles. The summed E-state index contributed by atoms with van der Waals surface area (Å²) in [6.45, 7) is 0. The molecule has 2 aromatic rings. The lowest BCUT2D eigenvalue weighted by atomic mass is 10.0. The quantitative estimate of drug-likeness (QED) is 0.853. The van der Waals surface area contributed by atoms with E-state index in [9.17, 15) is 4.79 Å². The van der Waals surface area contributed by atoms with Gasteiger partial charge in [0.2, 0.25) is 0 Å². The number of carbonyl (C=O) groups is 1. The monoisotopic (exact) mass is 315 g/mol. The number of rotatable bonds is 3. The second-order valence-electron chi connectivity index (χ2n) is 4.90. The van der Waals surface area contributed by atoms with Gasteiger partial charge in [0, 0.05) is 15.5 Å². The fourth-order valence-corrected chi connectivity index (χ4v) is 4.28. The summed E-state index contributed by atoms with van der Waals surface area (Å²) in [7, 11) is 0. The minimum absolute atomic E-state index is 0.0200. The van der Waals surface area contributed by atoms with Crippen LogP contribution >= 0.6 is 23.5 Å². The molecule has 1 N–H and O–H groups in total. The molecule has 1 amide bonds. The zero-order valence-corrected chi connectivity index (χ0v) is 13.5. The topological polar surface area (TPSA) is 29.1 Å². The Bertz CT molecular complexity index is 657. The summed E-state index contributed by atoms with van der Waals surface area (Å²) in [5, 5.41) is 3.20. The van der Waals surface area contributed by atoms with E-state index in [0.29, 0.717) is 0 Å². The van der Waals surface area contributed by atoms with E-state index in [-0.39, 0.29) is 11.9 Å². The third kappa shape index (κ3) is 3.11. The Morgan fingerprint density at radius 2 is 1.95 bits per heavy atom. The summed E-state index contributed by atoms with van der Waals surface area (Å²) >= 11 is 3.47. The molecule has 21 heavy (non-hydrogen) atoms. The molecule has 0 aromatic heterocycles. The Labute approximate surface area is 133 Å². The van der Waals surface area contributed by atoms with Crippen LogP contribution in [0.3, 0.4) is 0 Å². The molecule has 0 radical (unpaired) electrons. The van der Waals surface area contributed by atoms with E-state index in [1.54, 1.807) is 11.8 Å². The summed E-state index contributed by atoms with van der Waals surface area (Å²) in [6, 6.07) is 16.2. The number of nitrogens with one attached hydrogen (secondary N) is 1. The number of fused-ring (bicyclic) bond motifs is 1. The van der Waals surface area contributed by atoms with Crippen LogP contribution in [0, 0.1) is 0 Å². The molecule has 1 atom stereocenters. The molecule has 0 saturated carbocycles. The summed E-state index contributed by atoms with van der Waals surface area (Å²) in [5.41, 5.74) is 2.00. The molecule has 2 aromatic carbocycles. The third-order valence-corrected chi connectivity index (χ3v) is 5.53. The molecule has 0 fully saturated rings. The second kappa shape index (κ2) is 6.58. The third-order valence-electron chi connectivity index (χ3n) is 3.62. The first kappa shape index (κ1) is 14.5. The van der Waals surface area contributed by atoms with Crippen LogP contribution in [0.15, 0.2) is 58.3 Å². The Kier molecular flexibility index (Phi) is 4.56. The van der Waals surface area contributed by atoms with Crippen LogP contribution in [0.1, 0.15) is 28.4 Å². The fourth-order valence-electron chi connectivity index (χ4n) is 2.56. The van der Waals surface area contributed by atoms with Crippen molar-refractivity contribution in [3.8, 4) is 0 Å². The number of hydrogen-bond acceptors (Lipinski definition) is 3. The molecule has 0 spiro atoms. The van der Waals surface area contributed by atoms with E-state index < -0.39 is 0 Å². The van der Waals surface area contributed by atoms with Crippen LogP contribution in [0.4, 0.5) is 0 Å². The molecule has 1 aliphatic rings. The SMILES string of the molecule is CSc1ccccc1C(=O)N[C@H]1CCSc2ccccc21. The first-order valence-electron chi connectivity index (χ1n) is 6.95. The lowest BCUT2D eigenvalue weighted by Crippen LogP contribution is -2.30. The molecule has 1 heterocycles. The van der Waals surface area contributed by atoms with Gasteiger partial charge in [0.1, 0.15) is 0 Å². The number of carbonyl (C=O) groups excluding carboxylic acids is 1. The first-order valence-corrected chi connectivity index (χ1v) is 9.16. The van der Waals surface area contributed by atoms with E-state index in [4.69, 9.17) is 0 Å². The zero-order chi connectivity index (χ0) is 14.7. The highest BCUT2D eigenvalue weighted by Gasteiger charge is 2.23. The average Bonchev–Trinajstić information content (AvgIpc) is 2.55. The van der Waals surface area contributed by atoms with E-state index in [1.807, 2.05) is 48.3 Å². The average molecular weight is 315 g/mol. The van der Waals surface area contributed by atoms with Crippen LogP contribution in [0.2, 0.25) is 0 Å². The molecule has 3 rings (SSSR count). The molecular weight excluding hydrogens is 298 g/mol. The van der Waals surface area contributed by atoms with Crippen molar-refractivity contribution in [2.24, 2.45) is 0 Å². The van der Waals surface area contributed by atoms with Gasteiger partial charge in [-0.3, -0.25) is 4.79 Å². The highest BCUT2D eigenvalue weighted by Crippen LogP contribution is 2.36. The lowest BCUT2D eigenvalue weighted by molar-refractivity contribution is 0.0932. The Hall–Kier alpha value is -1.39. The van der Waals surface area contributed by atoms with Gasteiger partial charge in [0.05, 0.1) is 11.6 Å². The molecule has 4 heteroatoms. The molecular formula is C17H17NOS2. The number of hydrogen-bond donors (Lipinski definition) is 1. The maximum atomic E-state index is 12.6. The predicted octanol–water partition coefficient (Wildman–Crippen LogP) is 4.38. The van der Waals surface area contributed by atoms with E-state index in [1.165, 1.54) is 10.5 Å². The van der Waals surface area contributed by atoms with Crippen molar-refractivity contribution in [3.05, 3.63) is 59.7 Å². The predicted molar refractivity (Wildman–Crippen MR) is 90.2 cm³/mol.